The quantitative estimate of drug-likeness (QED) is 0.739. The van der Waals surface area contributed by atoms with E-state index in [0.29, 0.717) is 18.8 Å². The van der Waals surface area contributed by atoms with Crippen molar-refractivity contribution in [1.82, 2.24) is 14.9 Å². The standard InChI is InChI=1S/C19H20N4O2S/c24-18(16-3-1-2-8-20-16)13-6-9-23(10-7-13)19(25)22-14-4-5-15-17(11-14)26-12-21-15/h1-5,8,11-13,18,24H,6-7,9-10H2,(H,22,25). The van der Waals surface area contributed by atoms with E-state index >= 15 is 0 Å². The van der Waals surface area contributed by atoms with Gasteiger partial charge in [-0.05, 0) is 49.1 Å². The summed E-state index contributed by atoms with van der Waals surface area (Å²) in [5, 5.41) is 13.5. The van der Waals surface area contributed by atoms with Crippen molar-refractivity contribution in [3.8, 4) is 0 Å². The van der Waals surface area contributed by atoms with E-state index in [0.717, 1.165) is 28.7 Å². The molecule has 2 amide bonds. The molecule has 1 unspecified atom stereocenters. The summed E-state index contributed by atoms with van der Waals surface area (Å²) in [7, 11) is 0. The third kappa shape index (κ3) is 3.54. The van der Waals surface area contributed by atoms with Gasteiger partial charge in [0.1, 0.15) is 0 Å². The second kappa shape index (κ2) is 7.39. The molecule has 1 aliphatic rings. The van der Waals surface area contributed by atoms with E-state index in [9.17, 15) is 9.90 Å². The number of hydrogen-bond acceptors (Lipinski definition) is 5. The number of nitrogens with one attached hydrogen (secondary N) is 1. The molecule has 7 heteroatoms. The van der Waals surface area contributed by atoms with E-state index in [1.165, 1.54) is 0 Å². The molecule has 1 fully saturated rings. The van der Waals surface area contributed by atoms with Crippen molar-refractivity contribution in [1.29, 1.82) is 0 Å². The van der Waals surface area contributed by atoms with Gasteiger partial charge in [0, 0.05) is 25.0 Å². The highest BCUT2D eigenvalue weighted by Gasteiger charge is 2.28. The molecule has 3 heterocycles. The third-order valence-electron chi connectivity index (χ3n) is 4.85. The largest absolute Gasteiger partial charge is 0.387 e. The molecule has 4 rings (SSSR count). The van der Waals surface area contributed by atoms with E-state index in [1.807, 2.05) is 36.4 Å². The van der Waals surface area contributed by atoms with Crippen molar-refractivity contribution in [3.05, 3.63) is 53.8 Å². The molecular formula is C19H20N4O2S. The number of thiazole rings is 1. The van der Waals surface area contributed by atoms with E-state index in [2.05, 4.69) is 15.3 Å². The SMILES string of the molecule is O=C(Nc1ccc2ncsc2c1)N1CCC(C(O)c2ccccn2)CC1. The Balaban J connectivity index is 1.34. The number of fused-ring (bicyclic) bond motifs is 1. The fourth-order valence-corrected chi connectivity index (χ4v) is 4.06. The van der Waals surface area contributed by atoms with E-state index in [1.54, 1.807) is 27.9 Å². The van der Waals surface area contributed by atoms with Crippen molar-refractivity contribution in [2.24, 2.45) is 5.92 Å². The highest BCUT2D eigenvalue weighted by Crippen LogP contribution is 2.30. The third-order valence-corrected chi connectivity index (χ3v) is 5.64. The Hall–Kier alpha value is -2.51. The maximum atomic E-state index is 12.5. The van der Waals surface area contributed by atoms with Gasteiger partial charge in [-0.25, -0.2) is 9.78 Å². The molecule has 0 bridgehead atoms. The number of rotatable bonds is 3. The van der Waals surface area contributed by atoms with Crippen molar-refractivity contribution in [2.75, 3.05) is 18.4 Å². The Bertz CT molecular complexity index is 891. The average Bonchev–Trinajstić information content (AvgIpc) is 3.16. The Kier molecular flexibility index (Phi) is 4.81. The maximum Gasteiger partial charge on any atom is 0.321 e. The zero-order chi connectivity index (χ0) is 17.9. The zero-order valence-corrected chi connectivity index (χ0v) is 15.0. The van der Waals surface area contributed by atoms with Gasteiger partial charge in [0.25, 0.3) is 0 Å². The number of carbonyl (C=O) groups is 1. The highest BCUT2D eigenvalue weighted by molar-refractivity contribution is 7.16. The molecule has 134 valence electrons. The fraction of sp³-hybridized carbons (Fsp3) is 0.316. The summed E-state index contributed by atoms with van der Waals surface area (Å²) in [5.41, 5.74) is 4.22. The highest BCUT2D eigenvalue weighted by atomic mass is 32.1. The summed E-state index contributed by atoms with van der Waals surface area (Å²) in [6.07, 6.45) is 2.65. The van der Waals surface area contributed by atoms with E-state index in [4.69, 9.17) is 0 Å². The Morgan fingerprint density at radius 1 is 1.23 bits per heavy atom. The lowest BCUT2D eigenvalue weighted by molar-refractivity contribution is 0.0652. The number of amides is 2. The summed E-state index contributed by atoms with van der Waals surface area (Å²) in [5.74, 6) is 0.127. The summed E-state index contributed by atoms with van der Waals surface area (Å²) in [4.78, 5) is 22.8. The van der Waals surface area contributed by atoms with Gasteiger partial charge in [-0.1, -0.05) is 6.07 Å². The van der Waals surface area contributed by atoms with Gasteiger partial charge in [-0.3, -0.25) is 4.98 Å². The molecule has 6 nitrogen and oxygen atoms in total. The minimum atomic E-state index is -0.574. The fourth-order valence-electron chi connectivity index (χ4n) is 3.35. The van der Waals surface area contributed by atoms with Gasteiger partial charge >= 0.3 is 6.03 Å². The molecule has 0 radical (unpaired) electrons. The molecule has 1 atom stereocenters. The molecule has 0 saturated carbocycles. The first-order valence-corrected chi connectivity index (χ1v) is 9.57. The van der Waals surface area contributed by atoms with Gasteiger partial charge in [0.2, 0.25) is 0 Å². The number of likely N-dealkylation sites (tertiary alicyclic amines) is 1. The first kappa shape index (κ1) is 16.9. The van der Waals surface area contributed by atoms with Crippen molar-refractivity contribution < 1.29 is 9.90 Å². The van der Waals surface area contributed by atoms with Crippen LogP contribution >= 0.6 is 11.3 Å². The number of nitrogens with zero attached hydrogens (tertiary/aromatic N) is 3. The number of urea groups is 1. The number of aliphatic hydroxyl groups excluding tert-OH is 1. The minimum Gasteiger partial charge on any atom is -0.387 e. The smallest absolute Gasteiger partial charge is 0.321 e. The summed E-state index contributed by atoms with van der Waals surface area (Å²) < 4.78 is 1.06. The van der Waals surface area contributed by atoms with E-state index in [-0.39, 0.29) is 11.9 Å². The van der Waals surface area contributed by atoms with Crippen molar-refractivity contribution >= 4 is 33.3 Å². The van der Waals surface area contributed by atoms with Crippen LogP contribution in [0.1, 0.15) is 24.6 Å². The molecule has 0 spiro atoms. The molecule has 1 saturated heterocycles. The number of aliphatic hydroxyl groups is 1. The number of anilines is 1. The molecular weight excluding hydrogens is 348 g/mol. The van der Waals surface area contributed by atoms with Crippen LogP contribution < -0.4 is 5.32 Å². The minimum absolute atomic E-state index is 0.0976. The maximum absolute atomic E-state index is 12.5. The van der Waals surface area contributed by atoms with Crippen LogP contribution in [-0.4, -0.2) is 39.1 Å². The van der Waals surface area contributed by atoms with Crippen LogP contribution in [0.25, 0.3) is 10.2 Å². The van der Waals surface area contributed by atoms with E-state index < -0.39 is 6.10 Å². The number of piperidine rings is 1. The Morgan fingerprint density at radius 2 is 2.08 bits per heavy atom. The molecule has 3 aromatic rings. The van der Waals surface area contributed by atoms with Crippen LogP contribution in [0.5, 0.6) is 0 Å². The van der Waals surface area contributed by atoms with Crippen LogP contribution in [-0.2, 0) is 0 Å². The molecule has 1 aromatic carbocycles. The molecule has 2 N–H and O–H groups in total. The molecule has 26 heavy (non-hydrogen) atoms. The van der Waals surface area contributed by atoms with Gasteiger partial charge < -0.3 is 15.3 Å². The Labute approximate surface area is 155 Å². The second-order valence-electron chi connectivity index (χ2n) is 6.49. The number of benzene rings is 1. The Morgan fingerprint density at radius 3 is 2.85 bits per heavy atom. The van der Waals surface area contributed by atoms with Gasteiger partial charge in [-0.2, -0.15) is 0 Å². The van der Waals surface area contributed by atoms with Crippen LogP contribution in [0.15, 0.2) is 48.1 Å². The van der Waals surface area contributed by atoms with Gasteiger partial charge in [0.05, 0.1) is 27.5 Å². The van der Waals surface area contributed by atoms with Gasteiger partial charge in [-0.15, -0.1) is 11.3 Å². The monoisotopic (exact) mass is 368 g/mol. The number of pyridine rings is 1. The lowest BCUT2D eigenvalue weighted by atomic mass is 9.89. The number of aromatic nitrogens is 2. The number of carbonyl (C=O) groups excluding carboxylic acids is 1. The molecule has 1 aliphatic heterocycles. The lowest BCUT2D eigenvalue weighted by Crippen LogP contribution is -2.42. The average molecular weight is 368 g/mol. The topological polar surface area (TPSA) is 78.4 Å². The zero-order valence-electron chi connectivity index (χ0n) is 14.2. The van der Waals surface area contributed by atoms with Gasteiger partial charge in [0.15, 0.2) is 0 Å². The molecule has 0 aliphatic carbocycles. The summed E-state index contributed by atoms with van der Waals surface area (Å²) in [6, 6.07) is 11.2. The predicted molar refractivity (Wildman–Crippen MR) is 102 cm³/mol. The van der Waals surface area contributed by atoms with Crippen molar-refractivity contribution in [3.63, 3.8) is 0 Å². The summed E-state index contributed by atoms with van der Waals surface area (Å²) in [6.45, 7) is 1.26. The predicted octanol–water partition coefficient (Wildman–Crippen LogP) is 3.67. The summed E-state index contributed by atoms with van der Waals surface area (Å²) >= 11 is 1.56. The van der Waals surface area contributed by atoms with Crippen LogP contribution in [0.2, 0.25) is 0 Å². The molecule has 2 aromatic heterocycles. The number of hydrogen-bond donors (Lipinski definition) is 2. The second-order valence-corrected chi connectivity index (χ2v) is 7.38. The first-order chi connectivity index (χ1) is 12.7. The van der Waals surface area contributed by atoms with Crippen LogP contribution in [0, 0.1) is 5.92 Å². The first-order valence-electron chi connectivity index (χ1n) is 8.69. The van der Waals surface area contributed by atoms with Crippen molar-refractivity contribution in [2.45, 2.75) is 18.9 Å². The lowest BCUT2D eigenvalue weighted by Gasteiger charge is -2.34. The normalized spacial score (nSPS) is 16.6. The van der Waals surface area contributed by atoms with Crippen LogP contribution in [0.3, 0.4) is 0 Å². The van der Waals surface area contributed by atoms with Crippen LogP contribution in [0.4, 0.5) is 10.5 Å².